The van der Waals surface area contributed by atoms with Crippen LogP contribution in [0.5, 0.6) is 5.75 Å². The van der Waals surface area contributed by atoms with E-state index in [0.29, 0.717) is 5.41 Å². The number of nitrogens with zero attached hydrogens (tertiary/aromatic N) is 3. The van der Waals surface area contributed by atoms with Gasteiger partial charge in [0.15, 0.2) is 0 Å². The Bertz CT molecular complexity index is 976. The fourth-order valence-electron chi connectivity index (χ4n) is 4.80. The van der Waals surface area contributed by atoms with E-state index in [1.54, 1.807) is 19.5 Å². The van der Waals surface area contributed by atoms with Gasteiger partial charge in [-0.2, -0.15) is 0 Å². The Morgan fingerprint density at radius 1 is 1.07 bits per heavy atom. The number of hydrogen-bond donors (Lipinski definition) is 1. The average molecular weight is 361 g/mol. The molecule has 1 aliphatic carbocycles. The zero-order chi connectivity index (χ0) is 18.4. The first kappa shape index (κ1) is 16.5. The Morgan fingerprint density at radius 3 is 2.67 bits per heavy atom. The van der Waals surface area contributed by atoms with Crippen LogP contribution in [0.25, 0.3) is 10.8 Å². The first-order valence-electron chi connectivity index (χ1n) is 9.42. The number of aliphatic hydroxyl groups is 1. The van der Waals surface area contributed by atoms with Gasteiger partial charge in [-0.1, -0.05) is 6.07 Å². The van der Waals surface area contributed by atoms with E-state index in [1.165, 1.54) is 16.5 Å². The minimum Gasteiger partial charge on any atom is -0.496 e. The second-order valence-electron chi connectivity index (χ2n) is 7.99. The van der Waals surface area contributed by atoms with E-state index in [1.807, 2.05) is 18.5 Å². The number of fused-ring (bicyclic) bond motifs is 1. The molecular formula is C22H23N3O2. The summed E-state index contributed by atoms with van der Waals surface area (Å²) >= 11 is 0. The Labute approximate surface area is 158 Å². The quantitative estimate of drug-likeness (QED) is 0.770. The topological polar surface area (TPSA) is 58.5 Å². The van der Waals surface area contributed by atoms with Crippen LogP contribution in [0.2, 0.25) is 0 Å². The number of pyridine rings is 2. The van der Waals surface area contributed by atoms with Crippen LogP contribution in [0.1, 0.15) is 24.5 Å². The zero-order valence-electron chi connectivity index (χ0n) is 15.4. The third kappa shape index (κ3) is 2.73. The second kappa shape index (κ2) is 6.20. The number of rotatable bonds is 4. The number of ether oxygens (including phenoxy) is 1. The average Bonchev–Trinajstić information content (AvgIpc) is 2.65. The third-order valence-electron chi connectivity index (χ3n) is 6.23. The van der Waals surface area contributed by atoms with E-state index in [9.17, 15) is 5.11 Å². The molecule has 27 heavy (non-hydrogen) atoms. The van der Waals surface area contributed by atoms with Gasteiger partial charge in [0.05, 0.1) is 13.2 Å². The fourth-order valence-corrected chi connectivity index (χ4v) is 4.80. The zero-order valence-corrected chi connectivity index (χ0v) is 15.4. The normalized spacial score (nSPS) is 19.6. The molecule has 2 aromatic heterocycles. The monoisotopic (exact) mass is 361 g/mol. The van der Waals surface area contributed by atoms with Crippen LogP contribution in [0.3, 0.4) is 0 Å². The van der Waals surface area contributed by atoms with Gasteiger partial charge in [-0.05, 0) is 48.4 Å². The maximum atomic E-state index is 10.8. The van der Waals surface area contributed by atoms with E-state index >= 15 is 0 Å². The summed E-state index contributed by atoms with van der Waals surface area (Å²) in [6, 6.07) is 10.4. The lowest BCUT2D eigenvalue weighted by atomic mass is 9.55. The maximum absolute atomic E-state index is 10.8. The molecule has 5 rings (SSSR count). The fraction of sp³-hybridized carbons (Fsp3) is 0.364. The van der Waals surface area contributed by atoms with Crippen LogP contribution in [0.4, 0.5) is 5.69 Å². The van der Waals surface area contributed by atoms with Crippen LogP contribution >= 0.6 is 0 Å². The van der Waals surface area contributed by atoms with Crippen molar-refractivity contribution < 1.29 is 9.84 Å². The lowest BCUT2D eigenvalue weighted by Crippen LogP contribution is -2.63. The Kier molecular flexibility index (Phi) is 3.79. The first-order valence-corrected chi connectivity index (χ1v) is 9.42. The van der Waals surface area contributed by atoms with Crippen LogP contribution in [-0.4, -0.2) is 35.3 Å². The number of anilines is 1. The highest BCUT2D eigenvalue weighted by Gasteiger charge is 2.54. The van der Waals surface area contributed by atoms with Crippen molar-refractivity contribution in [3.05, 3.63) is 60.7 Å². The van der Waals surface area contributed by atoms with E-state index in [2.05, 4.69) is 39.1 Å². The van der Waals surface area contributed by atoms with E-state index in [0.717, 1.165) is 37.2 Å². The van der Waals surface area contributed by atoms with Crippen LogP contribution < -0.4 is 9.64 Å². The minimum absolute atomic E-state index is 0.285. The SMILES string of the molecule is COc1ccncc1C(O)C1CC2(C1)CN(c1ccc3cnccc3c1)C2. The predicted octanol–water partition coefficient (Wildman–Crippen LogP) is 3.59. The van der Waals surface area contributed by atoms with Crippen molar-refractivity contribution in [3.8, 4) is 5.75 Å². The summed E-state index contributed by atoms with van der Waals surface area (Å²) in [5, 5.41) is 13.2. The van der Waals surface area contributed by atoms with Gasteiger partial charge in [0.1, 0.15) is 5.75 Å². The molecule has 1 aliphatic heterocycles. The van der Waals surface area contributed by atoms with E-state index < -0.39 is 6.10 Å². The van der Waals surface area contributed by atoms with Gasteiger partial charge in [0.25, 0.3) is 0 Å². The molecule has 2 fully saturated rings. The molecule has 1 aromatic carbocycles. The van der Waals surface area contributed by atoms with Crippen molar-refractivity contribution in [2.45, 2.75) is 18.9 Å². The molecule has 2 aliphatic rings. The molecule has 0 bridgehead atoms. The summed E-state index contributed by atoms with van der Waals surface area (Å²) in [6.07, 6.45) is 8.78. The summed E-state index contributed by atoms with van der Waals surface area (Å²) in [5.41, 5.74) is 2.44. The summed E-state index contributed by atoms with van der Waals surface area (Å²) in [7, 11) is 1.64. The summed E-state index contributed by atoms with van der Waals surface area (Å²) < 4.78 is 5.37. The number of methoxy groups -OCH3 is 1. The molecule has 3 heterocycles. The molecule has 1 saturated carbocycles. The molecule has 138 valence electrons. The van der Waals surface area contributed by atoms with Crippen LogP contribution in [0, 0.1) is 11.3 Å². The van der Waals surface area contributed by atoms with Crippen molar-refractivity contribution in [1.29, 1.82) is 0 Å². The van der Waals surface area contributed by atoms with Crippen molar-refractivity contribution in [3.63, 3.8) is 0 Å². The minimum atomic E-state index is -0.499. The van der Waals surface area contributed by atoms with Gasteiger partial charge in [0.2, 0.25) is 0 Å². The summed E-state index contributed by atoms with van der Waals surface area (Å²) in [5.74, 6) is 1.01. The molecule has 5 nitrogen and oxygen atoms in total. The van der Waals surface area contributed by atoms with Crippen LogP contribution in [0.15, 0.2) is 55.1 Å². The number of hydrogen-bond acceptors (Lipinski definition) is 5. The van der Waals surface area contributed by atoms with Gasteiger partial charge in [-0.3, -0.25) is 9.97 Å². The van der Waals surface area contributed by atoms with Gasteiger partial charge < -0.3 is 14.7 Å². The predicted molar refractivity (Wildman–Crippen MR) is 105 cm³/mol. The lowest BCUT2D eigenvalue weighted by Gasteiger charge is -2.60. The molecule has 0 amide bonds. The van der Waals surface area contributed by atoms with Gasteiger partial charge in [0, 0.05) is 59.9 Å². The highest BCUT2D eigenvalue weighted by Crippen LogP contribution is 2.56. The molecule has 0 radical (unpaired) electrons. The lowest BCUT2D eigenvalue weighted by molar-refractivity contribution is -0.0516. The van der Waals surface area contributed by atoms with Gasteiger partial charge in [-0.15, -0.1) is 0 Å². The highest BCUT2D eigenvalue weighted by molar-refractivity contribution is 5.85. The van der Waals surface area contributed by atoms with E-state index in [-0.39, 0.29) is 5.92 Å². The second-order valence-corrected chi connectivity index (χ2v) is 7.99. The van der Waals surface area contributed by atoms with Gasteiger partial charge in [-0.25, -0.2) is 0 Å². The molecule has 1 atom stereocenters. The van der Waals surface area contributed by atoms with Crippen molar-refractivity contribution >= 4 is 16.5 Å². The molecule has 1 saturated heterocycles. The van der Waals surface area contributed by atoms with Gasteiger partial charge >= 0.3 is 0 Å². The third-order valence-corrected chi connectivity index (χ3v) is 6.23. The maximum Gasteiger partial charge on any atom is 0.127 e. The molecule has 3 aromatic rings. The molecule has 1 unspecified atom stereocenters. The largest absolute Gasteiger partial charge is 0.496 e. The molecule has 1 spiro atoms. The van der Waals surface area contributed by atoms with Crippen LogP contribution in [-0.2, 0) is 0 Å². The standard InChI is InChI=1S/C22H23N3O2/c1-27-20-5-7-24-12-19(20)21(26)17-9-22(10-17)13-25(14-22)18-3-2-16-11-23-6-4-15(16)8-18/h2-8,11-12,17,21,26H,9-10,13-14H2,1H3. The summed E-state index contributed by atoms with van der Waals surface area (Å²) in [6.45, 7) is 2.13. The Morgan fingerprint density at radius 2 is 1.85 bits per heavy atom. The van der Waals surface area contributed by atoms with Crippen molar-refractivity contribution in [2.24, 2.45) is 11.3 Å². The number of benzene rings is 1. The number of aromatic nitrogens is 2. The van der Waals surface area contributed by atoms with Crippen molar-refractivity contribution in [2.75, 3.05) is 25.1 Å². The molecular weight excluding hydrogens is 338 g/mol. The molecule has 5 heteroatoms. The number of aliphatic hydroxyl groups excluding tert-OH is 1. The molecule has 1 N–H and O–H groups in total. The smallest absolute Gasteiger partial charge is 0.127 e. The Hall–Kier alpha value is -2.66. The first-order chi connectivity index (χ1) is 13.2. The van der Waals surface area contributed by atoms with E-state index in [4.69, 9.17) is 4.74 Å². The van der Waals surface area contributed by atoms with Crippen molar-refractivity contribution in [1.82, 2.24) is 9.97 Å². The highest BCUT2D eigenvalue weighted by atomic mass is 16.5. The Balaban J connectivity index is 1.24. The summed E-state index contributed by atoms with van der Waals surface area (Å²) in [4.78, 5) is 10.8.